The maximum Gasteiger partial charge on any atom is 0.342 e. The molecule has 0 spiro atoms. The van der Waals surface area contributed by atoms with E-state index in [0.717, 1.165) is 0 Å². The number of allylic oxidation sites excluding steroid dienone is 2. The van der Waals surface area contributed by atoms with E-state index in [1.807, 2.05) is 0 Å². The van der Waals surface area contributed by atoms with Crippen molar-refractivity contribution in [3.63, 3.8) is 0 Å². The topological polar surface area (TPSA) is 101 Å². The van der Waals surface area contributed by atoms with Crippen molar-refractivity contribution >= 4 is 17.9 Å². The Bertz CT molecular complexity index is 951. The van der Waals surface area contributed by atoms with Crippen molar-refractivity contribution in [2.45, 2.75) is 26.4 Å². The lowest BCUT2D eigenvalue weighted by Gasteiger charge is -2.36. The molecule has 0 unspecified atom stereocenters. The van der Waals surface area contributed by atoms with E-state index >= 15 is 0 Å². The van der Waals surface area contributed by atoms with Crippen LogP contribution in [-0.4, -0.2) is 51.2 Å². The smallest absolute Gasteiger partial charge is 0.342 e. The van der Waals surface area contributed by atoms with Crippen LogP contribution in [0.15, 0.2) is 34.7 Å². The van der Waals surface area contributed by atoms with Crippen LogP contribution in [0, 0.1) is 0 Å². The number of methoxy groups -OCH3 is 3. The zero-order valence-corrected chi connectivity index (χ0v) is 17.7. The van der Waals surface area contributed by atoms with E-state index in [-0.39, 0.29) is 29.1 Å². The van der Waals surface area contributed by atoms with Crippen molar-refractivity contribution in [2.24, 2.45) is 0 Å². The standard InChI is InChI=1S/C21H23NO8/c1-10-14(19(23)26-4)16(15(20(24)27-5)11(2)22(10)3)13-8-7-12-9-29-30-18(12)17(13)21(25)28-6/h7-8,16H,9H2,1-6H3. The van der Waals surface area contributed by atoms with E-state index in [0.29, 0.717) is 22.5 Å². The highest BCUT2D eigenvalue weighted by molar-refractivity contribution is 6.02. The molecule has 9 nitrogen and oxygen atoms in total. The number of nitrogens with zero attached hydrogens (tertiary/aromatic N) is 1. The number of carbonyl (C=O) groups is 3. The molecule has 2 aliphatic heterocycles. The Morgan fingerprint density at radius 2 is 1.47 bits per heavy atom. The molecule has 30 heavy (non-hydrogen) atoms. The maximum atomic E-state index is 12.8. The normalized spacial score (nSPS) is 16.3. The Kier molecular flexibility index (Phi) is 5.84. The summed E-state index contributed by atoms with van der Waals surface area (Å²) in [6, 6.07) is 3.38. The van der Waals surface area contributed by atoms with Crippen molar-refractivity contribution in [1.82, 2.24) is 4.90 Å². The lowest BCUT2D eigenvalue weighted by molar-refractivity contribution is -0.194. The Labute approximate surface area is 173 Å². The van der Waals surface area contributed by atoms with Crippen LogP contribution in [0.1, 0.15) is 41.3 Å². The van der Waals surface area contributed by atoms with E-state index in [4.69, 9.17) is 24.0 Å². The third-order valence-electron chi connectivity index (χ3n) is 5.50. The molecule has 1 aromatic rings. The van der Waals surface area contributed by atoms with Gasteiger partial charge in [0.2, 0.25) is 0 Å². The average Bonchev–Trinajstić information content (AvgIpc) is 3.23. The highest BCUT2D eigenvalue weighted by Gasteiger charge is 2.42. The molecule has 0 saturated heterocycles. The molecule has 0 fully saturated rings. The van der Waals surface area contributed by atoms with Gasteiger partial charge in [0.15, 0.2) is 5.75 Å². The second-order valence-electron chi connectivity index (χ2n) is 6.83. The summed E-state index contributed by atoms with van der Waals surface area (Å²) in [5.41, 5.74) is 2.62. The largest absolute Gasteiger partial charge is 0.466 e. The molecule has 0 aromatic heterocycles. The Morgan fingerprint density at radius 3 is 1.97 bits per heavy atom. The maximum absolute atomic E-state index is 12.8. The van der Waals surface area contributed by atoms with Crippen LogP contribution in [-0.2, 0) is 35.3 Å². The second-order valence-corrected chi connectivity index (χ2v) is 6.83. The van der Waals surface area contributed by atoms with Gasteiger partial charge in [-0.3, -0.25) is 0 Å². The summed E-state index contributed by atoms with van der Waals surface area (Å²) < 4.78 is 15.0. The van der Waals surface area contributed by atoms with Crippen LogP contribution in [0.2, 0.25) is 0 Å². The number of carbonyl (C=O) groups excluding carboxylic acids is 3. The van der Waals surface area contributed by atoms with Gasteiger partial charge in [0, 0.05) is 24.0 Å². The molecule has 0 aliphatic carbocycles. The molecule has 2 heterocycles. The van der Waals surface area contributed by atoms with Gasteiger partial charge in [-0.05, 0) is 19.4 Å². The minimum absolute atomic E-state index is 0.0745. The first-order valence-corrected chi connectivity index (χ1v) is 9.13. The van der Waals surface area contributed by atoms with Gasteiger partial charge in [-0.2, -0.15) is 4.89 Å². The van der Waals surface area contributed by atoms with Crippen LogP contribution in [0.3, 0.4) is 0 Å². The zero-order valence-electron chi connectivity index (χ0n) is 17.7. The number of benzene rings is 1. The number of ether oxygens (including phenoxy) is 3. The highest BCUT2D eigenvalue weighted by Crippen LogP contribution is 2.46. The zero-order chi connectivity index (χ0) is 22.2. The molecule has 9 heteroatoms. The van der Waals surface area contributed by atoms with Crippen LogP contribution >= 0.6 is 0 Å². The summed E-state index contributed by atoms with van der Waals surface area (Å²) in [5.74, 6) is -2.69. The molecule has 1 aromatic carbocycles. The van der Waals surface area contributed by atoms with E-state index in [9.17, 15) is 14.4 Å². The molecule has 0 bridgehead atoms. The van der Waals surface area contributed by atoms with Gasteiger partial charge in [0.25, 0.3) is 0 Å². The predicted molar refractivity (Wildman–Crippen MR) is 103 cm³/mol. The fourth-order valence-corrected chi connectivity index (χ4v) is 3.79. The van der Waals surface area contributed by atoms with Gasteiger partial charge >= 0.3 is 17.9 Å². The number of fused-ring (bicyclic) bond motifs is 1. The summed E-state index contributed by atoms with van der Waals surface area (Å²) in [5, 5.41) is 0. The van der Waals surface area contributed by atoms with Gasteiger partial charge < -0.3 is 24.0 Å². The van der Waals surface area contributed by atoms with Crippen molar-refractivity contribution in [1.29, 1.82) is 0 Å². The van der Waals surface area contributed by atoms with E-state index < -0.39 is 23.8 Å². The number of hydrogen-bond acceptors (Lipinski definition) is 9. The summed E-state index contributed by atoms with van der Waals surface area (Å²) in [6.45, 7) is 3.63. The number of esters is 3. The Hall–Kier alpha value is -3.33. The number of rotatable bonds is 4. The molecule has 0 atom stereocenters. The van der Waals surface area contributed by atoms with E-state index in [1.165, 1.54) is 21.3 Å². The summed E-state index contributed by atoms with van der Waals surface area (Å²) in [4.78, 5) is 50.3. The van der Waals surface area contributed by atoms with Gasteiger partial charge in [-0.25, -0.2) is 14.4 Å². The van der Waals surface area contributed by atoms with Crippen molar-refractivity contribution in [2.75, 3.05) is 28.4 Å². The molecule has 0 saturated carbocycles. The van der Waals surface area contributed by atoms with Gasteiger partial charge in [-0.1, -0.05) is 12.1 Å². The average molecular weight is 417 g/mol. The monoisotopic (exact) mass is 417 g/mol. The SMILES string of the molecule is COC(=O)C1=C(C)N(C)C(C)=C(C(=O)OC)C1c1ccc2c(c1C(=O)OC)OOC2. The van der Waals surface area contributed by atoms with E-state index in [2.05, 4.69) is 0 Å². The fraction of sp³-hybridized carbons (Fsp3) is 0.381. The van der Waals surface area contributed by atoms with Crippen LogP contribution in [0.4, 0.5) is 0 Å². The molecule has 0 radical (unpaired) electrons. The first kappa shape index (κ1) is 21.4. The lowest BCUT2D eigenvalue weighted by atomic mass is 9.77. The number of hydrogen-bond donors (Lipinski definition) is 0. The molecule has 0 amide bonds. The summed E-state index contributed by atoms with van der Waals surface area (Å²) >= 11 is 0. The van der Waals surface area contributed by atoms with Gasteiger partial charge in [0.05, 0.1) is 38.4 Å². The summed E-state index contributed by atoms with van der Waals surface area (Å²) in [6.07, 6.45) is 0. The quantitative estimate of drug-likeness (QED) is 0.415. The minimum atomic E-state index is -0.940. The Morgan fingerprint density at radius 1 is 0.933 bits per heavy atom. The summed E-state index contributed by atoms with van der Waals surface area (Å²) in [7, 11) is 5.47. The van der Waals surface area contributed by atoms with Gasteiger partial charge in [0.1, 0.15) is 12.2 Å². The van der Waals surface area contributed by atoms with Crippen LogP contribution in [0.5, 0.6) is 5.75 Å². The second kappa shape index (κ2) is 8.19. The first-order valence-electron chi connectivity index (χ1n) is 9.13. The van der Waals surface area contributed by atoms with Crippen molar-refractivity contribution < 1.29 is 38.4 Å². The molecule has 160 valence electrons. The molecule has 0 N–H and O–H groups in total. The highest BCUT2D eigenvalue weighted by atomic mass is 17.2. The van der Waals surface area contributed by atoms with E-state index in [1.54, 1.807) is 37.9 Å². The van der Waals surface area contributed by atoms with Crippen molar-refractivity contribution in [3.05, 3.63) is 51.4 Å². The minimum Gasteiger partial charge on any atom is -0.466 e. The van der Waals surface area contributed by atoms with Crippen molar-refractivity contribution in [3.8, 4) is 5.75 Å². The fourth-order valence-electron chi connectivity index (χ4n) is 3.79. The molecule has 3 rings (SSSR count). The third kappa shape index (κ3) is 3.21. The van der Waals surface area contributed by atoms with Crippen LogP contribution in [0.25, 0.3) is 0 Å². The van der Waals surface area contributed by atoms with Gasteiger partial charge in [-0.15, -0.1) is 0 Å². The molecule has 2 aliphatic rings. The lowest BCUT2D eigenvalue weighted by Crippen LogP contribution is -2.34. The predicted octanol–water partition coefficient (Wildman–Crippen LogP) is 2.22. The molecular formula is C21H23NO8. The Balaban J connectivity index is 2.38. The first-order chi connectivity index (χ1) is 14.3. The third-order valence-corrected chi connectivity index (χ3v) is 5.50. The van der Waals surface area contributed by atoms with Crippen LogP contribution < -0.4 is 4.89 Å². The molecular weight excluding hydrogens is 394 g/mol.